The van der Waals surface area contributed by atoms with Crippen LogP contribution in [0.25, 0.3) is 0 Å². The first-order valence-electron chi connectivity index (χ1n) is 9.38. The first-order valence-corrected chi connectivity index (χ1v) is 9.76. The minimum atomic E-state index is -0.291. The van der Waals surface area contributed by atoms with Gasteiger partial charge in [0.2, 0.25) is 5.91 Å². The first-order chi connectivity index (χ1) is 14.9. The number of nitrogens with zero attached hydrogens (tertiary/aromatic N) is 1. The van der Waals surface area contributed by atoms with Crippen molar-refractivity contribution < 1.29 is 9.59 Å². The van der Waals surface area contributed by atoms with Gasteiger partial charge in [-0.05, 0) is 42.0 Å². The van der Waals surface area contributed by atoms with Crippen molar-refractivity contribution in [2.24, 2.45) is 5.73 Å². The Labute approximate surface area is 184 Å². The van der Waals surface area contributed by atoms with Crippen LogP contribution in [0.3, 0.4) is 0 Å². The van der Waals surface area contributed by atoms with Gasteiger partial charge in [0.1, 0.15) is 11.7 Å². The predicted molar refractivity (Wildman–Crippen MR) is 121 cm³/mol. The summed E-state index contributed by atoms with van der Waals surface area (Å²) < 4.78 is 0. The zero-order valence-electron chi connectivity index (χ0n) is 16.5. The van der Waals surface area contributed by atoms with Crippen LogP contribution in [-0.4, -0.2) is 29.2 Å². The number of amidine groups is 1. The summed E-state index contributed by atoms with van der Waals surface area (Å²) in [5.41, 5.74) is 7.84. The Hall–Kier alpha value is -3.91. The lowest BCUT2D eigenvalue weighted by atomic mass is 10.1. The number of carbonyl (C=O) groups excluding carboxylic acids is 2. The fourth-order valence-corrected chi connectivity index (χ4v) is 2.96. The van der Waals surface area contributed by atoms with Crippen LogP contribution in [0, 0.1) is 5.41 Å². The molecule has 9 heteroatoms. The van der Waals surface area contributed by atoms with Gasteiger partial charge in [-0.25, -0.2) is 4.98 Å². The molecule has 1 aromatic heterocycles. The van der Waals surface area contributed by atoms with E-state index in [-0.39, 0.29) is 30.7 Å². The van der Waals surface area contributed by atoms with Crippen molar-refractivity contribution in [1.29, 1.82) is 5.41 Å². The second-order valence-corrected chi connectivity index (χ2v) is 7.03. The Morgan fingerprint density at radius 1 is 1.03 bits per heavy atom. The fourth-order valence-electron chi connectivity index (χ4n) is 2.77. The van der Waals surface area contributed by atoms with Crippen molar-refractivity contribution in [3.05, 3.63) is 88.6 Å². The maximum absolute atomic E-state index is 12.4. The normalized spacial score (nSPS) is 10.2. The topological polar surface area (TPSA) is 133 Å². The fraction of sp³-hybridized carbons (Fsp3) is 0.0909. The van der Waals surface area contributed by atoms with Crippen molar-refractivity contribution in [2.45, 2.75) is 6.54 Å². The summed E-state index contributed by atoms with van der Waals surface area (Å²) in [5.74, 6) is -0.228. The molecule has 2 amide bonds. The molecular weight excluding hydrogens is 416 g/mol. The summed E-state index contributed by atoms with van der Waals surface area (Å²) in [6.45, 7) is 0.168. The van der Waals surface area contributed by atoms with Crippen molar-refractivity contribution in [1.82, 2.24) is 10.3 Å². The molecule has 0 aliphatic heterocycles. The molecule has 0 saturated heterocycles. The van der Waals surface area contributed by atoms with Crippen molar-refractivity contribution in [2.75, 3.05) is 17.2 Å². The Balaban J connectivity index is 1.69. The Kier molecular flexibility index (Phi) is 7.18. The highest BCUT2D eigenvalue weighted by molar-refractivity contribution is 6.30. The molecule has 31 heavy (non-hydrogen) atoms. The smallest absolute Gasteiger partial charge is 0.251 e. The Morgan fingerprint density at radius 2 is 1.87 bits per heavy atom. The lowest BCUT2D eigenvalue weighted by molar-refractivity contribution is -0.114. The lowest BCUT2D eigenvalue weighted by Gasteiger charge is -2.14. The summed E-state index contributed by atoms with van der Waals surface area (Å²) in [7, 11) is 0. The molecule has 158 valence electrons. The van der Waals surface area contributed by atoms with Crippen LogP contribution < -0.4 is 21.7 Å². The number of benzene rings is 2. The monoisotopic (exact) mass is 436 g/mol. The SMILES string of the molecule is N=C(N)c1ccc(CNC(=O)c2cccc(Cl)c2)c(NCC(=O)Nc2ccccn2)c1. The third-order valence-corrected chi connectivity index (χ3v) is 4.55. The largest absolute Gasteiger partial charge is 0.384 e. The molecule has 0 spiro atoms. The number of pyridine rings is 1. The van der Waals surface area contributed by atoms with E-state index in [2.05, 4.69) is 20.9 Å². The molecule has 0 fully saturated rings. The first kappa shape index (κ1) is 21.8. The van der Waals surface area contributed by atoms with E-state index in [0.29, 0.717) is 27.7 Å². The predicted octanol–water partition coefficient (Wildman–Crippen LogP) is 3.00. The minimum absolute atomic E-state index is 0.0346. The molecule has 6 N–H and O–H groups in total. The van der Waals surface area contributed by atoms with Crippen LogP contribution in [0.1, 0.15) is 21.5 Å². The van der Waals surface area contributed by atoms with Crippen LogP contribution in [-0.2, 0) is 11.3 Å². The molecule has 0 unspecified atom stereocenters. The second-order valence-electron chi connectivity index (χ2n) is 6.60. The van der Waals surface area contributed by atoms with E-state index < -0.39 is 0 Å². The highest BCUT2D eigenvalue weighted by Crippen LogP contribution is 2.18. The van der Waals surface area contributed by atoms with Gasteiger partial charge < -0.3 is 21.7 Å². The molecule has 1 heterocycles. The third kappa shape index (κ3) is 6.28. The van der Waals surface area contributed by atoms with Crippen LogP contribution in [0.4, 0.5) is 11.5 Å². The minimum Gasteiger partial charge on any atom is -0.384 e. The molecule has 0 bridgehead atoms. The van der Waals surface area contributed by atoms with Gasteiger partial charge in [-0.2, -0.15) is 0 Å². The number of nitrogens with two attached hydrogens (primary N) is 1. The number of hydrogen-bond acceptors (Lipinski definition) is 5. The number of hydrogen-bond donors (Lipinski definition) is 5. The third-order valence-electron chi connectivity index (χ3n) is 4.32. The Bertz CT molecular complexity index is 1100. The number of nitrogens with one attached hydrogen (secondary N) is 4. The number of rotatable bonds is 8. The molecule has 0 aliphatic rings. The van der Waals surface area contributed by atoms with Gasteiger partial charge in [-0.3, -0.25) is 15.0 Å². The summed E-state index contributed by atoms with van der Waals surface area (Å²) in [6, 6.07) is 16.9. The lowest BCUT2D eigenvalue weighted by Crippen LogP contribution is -2.25. The molecule has 0 radical (unpaired) electrons. The molecule has 0 saturated carbocycles. The van der Waals surface area contributed by atoms with Crippen LogP contribution in [0.2, 0.25) is 5.02 Å². The molecule has 8 nitrogen and oxygen atoms in total. The average Bonchev–Trinajstić information content (AvgIpc) is 2.77. The van der Waals surface area contributed by atoms with Crippen LogP contribution >= 0.6 is 11.6 Å². The zero-order chi connectivity index (χ0) is 22.2. The van der Waals surface area contributed by atoms with E-state index in [9.17, 15) is 9.59 Å². The molecule has 0 aliphatic carbocycles. The number of aromatic nitrogens is 1. The van der Waals surface area contributed by atoms with E-state index >= 15 is 0 Å². The Morgan fingerprint density at radius 3 is 2.58 bits per heavy atom. The molecule has 3 aromatic rings. The van der Waals surface area contributed by atoms with E-state index in [1.54, 1.807) is 66.9 Å². The van der Waals surface area contributed by atoms with Crippen molar-refractivity contribution >= 4 is 40.8 Å². The van der Waals surface area contributed by atoms with E-state index in [1.165, 1.54) is 0 Å². The highest BCUT2D eigenvalue weighted by Gasteiger charge is 2.11. The van der Waals surface area contributed by atoms with Gasteiger partial charge in [0.15, 0.2) is 0 Å². The van der Waals surface area contributed by atoms with Gasteiger partial charge in [0.05, 0.1) is 6.54 Å². The van der Waals surface area contributed by atoms with Gasteiger partial charge in [0.25, 0.3) is 5.91 Å². The number of carbonyl (C=O) groups is 2. The summed E-state index contributed by atoms with van der Waals surface area (Å²) in [5, 5.41) is 16.7. The zero-order valence-corrected chi connectivity index (χ0v) is 17.2. The van der Waals surface area contributed by atoms with Gasteiger partial charge in [-0.1, -0.05) is 35.9 Å². The van der Waals surface area contributed by atoms with Crippen molar-refractivity contribution in [3.8, 4) is 0 Å². The number of amides is 2. The molecule has 3 rings (SSSR count). The standard InChI is InChI=1S/C22H21ClN6O2/c23-17-5-3-4-15(10-17)22(31)28-12-16-8-7-14(21(24)25)11-18(16)27-13-20(30)29-19-6-1-2-9-26-19/h1-11,27H,12-13H2,(H3,24,25)(H,28,31)(H,26,29,30). The number of halogens is 1. The number of anilines is 2. The summed E-state index contributed by atoms with van der Waals surface area (Å²) >= 11 is 5.94. The van der Waals surface area contributed by atoms with Gasteiger partial charge >= 0.3 is 0 Å². The summed E-state index contributed by atoms with van der Waals surface area (Å²) in [4.78, 5) is 28.7. The van der Waals surface area contributed by atoms with Gasteiger partial charge in [0, 0.05) is 34.6 Å². The quantitative estimate of drug-likeness (QED) is 0.273. The average molecular weight is 437 g/mol. The van der Waals surface area contributed by atoms with E-state index in [4.69, 9.17) is 22.7 Å². The maximum atomic E-state index is 12.4. The van der Waals surface area contributed by atoms with Crippen LogP contribution in [0.15, 0.2) is 66.9 Å². The van der Waals surface area contributed by atoms with Crippen molar-refractivity contribution in [3.63, 3.8) is 0 Å². The number of nitrogen functional groups attached to an aromatic ring is 1. The highest BCUT2D eigenvalue weighted by atomic mass is 35.5. The van der Waals surface area contributed by atoms with E-state index in [0.717, 1.165) is 5.56 Å². The molecular formula is C22H21ClN6O2. The maximum Gasteiger partial charge on any atom is 0.251 e. The van der Waals surface area contributed by atoms with E-state index in [1.807, 2.05) is 0 Å². The van der Waals surface area contributed by atoms with Gasteiger partial charge in [-0.15, -0.1) is 0 Å². The second kappa shape index (κ2) is 10.2. The molecule has 2 aromatic carbocycles. The van der Waals surface area contributed by atoms with Crippen LogP contribution in [0.5, 0.6) is 0 Å². The summed E-state index contributed by atoms with van der Waals surface area (Å²) in [6.07, 6.45) is 1.58. The molecule has 0 atom stereocenters.